The first-order chi connectivity index (χ1) is 13.7. The average molecular weight is 538 g/mol. The molecule has 0 bridgehead atoms. The Hall–Kier alpha value is -1.10. The predicted octanol–water partition coefficient (Wildman–Crippen LogP) is 3.74. The van der Waals surface area contributed by atoms with Gasteiger partial charge in [0.25, 0.3) is 0 Å². The number of nitrogens with one attached hydrogen (secondary N) is 2. The van der Waals surface area contributed by atoms with Crippen molar-refractivity contribution in [2.75, 3.05) is 44.8 Å². The summed E-state index contributed by atoms with van der Waals surface area (Å²) in [5.74, 6) is 3.00. The average Bonchev–Trinajstić information content (AvgIpc) is 3.22. The Morgan fingerprint density at radius 3 is 2.83 bits per heavy atom. The van der Waals surface area contributed by atoms with Crippen LogP contribution in [0.25, 0.3) is 0 Å². The number of guanidine groups is 1. The second kappa shape index (κ2) is 15.7. The number of hydrogen-bond acceptors (Lipinski definition) is 5. The standard InChI is InChI=1S/C20H34N4O3S.HI/c1-3-26-20(25)24-13-9-17(10-14-24)23-19(21-11-4-5-16-28-2)22-12-8-18-7-6-15-27-18;/h6-7,15,17H,3-5,8-14,16H2,1-2H3,(H2,21,22,23);1H. The van der Waals surface area contributed by atoms with Gasteiger partial charge in [0, 0.05) is 38.6 Å². The van der Waals surface area contributed by atoms with Crippen molar-refractivity contribution in [3.63, 3.8) is 0 Å². The van der Waals surface area contributed by atoms with Crippen LogP contribution in [-0.4, -0.2) is 67.8 Å². The molecule has 1 aliphatic rings. The molecule has 0 radical (unpaired) electrons. The maximum atomic E-state index is 11.8. The third-order valence-electron chi connectivity index (χ3n) is 4.63. The number of aliphatic imine (C=N–C) groups is 1. The molecule has 0 atom stereocenters. The van der Waals surface area contributed by atoms with Crippen molar-refractivity contribution in [1.29, 1.82) is 0 Å². The van der Waals surface area contributed by atoms with Gasteiger partial charge >= 0.3 is 6.09 Å². The number of halogens is 1. The third-order valence-corrected chi connectivity index (χ3v) is 5.33. The summed E-state index contributed by atoms with van der Waals surface area (Å²) in [6, 6.07) is 4.21. The van der Waals surface area contributed by atoms with E-state index in [4.69, 9.17) is 14.1 Å². The molecular weight excluding hydrogens is 503 g/mol. The molecule has 0 saturated carbocycles. The molecule has 1 saturated heterocycles. The van der Waals surface area contributed by atoms with E-state index in [0.29, 0.717) is 25.7 Å². The highest BCUT2D eigenvalue weighted by atomic mass is 127. The van der Waals surface area contributed by atoms with Gasteiger partial charge in [-0.15, -0.1) is 24.0 Å². The van der Waals surface area contributed by atoms with E-state index in [-0.39, 0.29) is 30.1 Å². The Bertz CT molecular complexity index is 578. The largest absolute Gasteiger partial charge is 0.469 e. The lowest BCUT2D eigenvalue weighted by Gasteiger charge is -2.32. The number of carbonyl (C=O) groups is 1. The number of unbranched alkanes of at least 4 members (excludes halogenated alkanes) is 1. The van der Waals surface area contributed by atoms with Crippen LogP contribution in [0, 0.1) is 0 Å². The summed E-state index contributed by atoms with van der Waals surface area (Å²) in [4.78, 5) is 18.4. The number of nitrogens with zero attached hydrogens (tertiary/aromatic N) is 2. The van der Waals surface area contributed by atoms with E-state index >= 15 is 0 Å². The fraction of sp³-hybridized carbons (Fsp3) is 0.700. The Balaban J connectivity index is 0.00000420. The van der Waals surface area contributed by atoms with E-state index in [1.54, 1.807) is 11.2 Å². The molecular formula is C20H35IN4O3S. The van der Waals surface area contributed by atoms with E-state index in [9.17, 15) is 4.79 Å². The fourth-order valence-corrected chi connectivity index (χ4v) is 3.57. The fourth-order valence-electron chi connectivity index (χ4n) is 3.08. The van der Waals surface area contributed by atoms with Crippen molar-refractivity contribution >= 4 is 47.8 Å². The molecule has 0 unspecified atom stereocenters. The molecule has 0 aromatic carbocycles. The van der Waals surface area contributed by atoms with E-state index in [2.05, 4.69) is 16.9 Å². The molecule has 7 nitrogen and oxygen atoms in total. The first-order valence-corrected chi connectivity index (χ1v) is 11.6. The lowest BCUT2D eigenvalue weighted by atomic mass is 10.1. The van der Waals surface area contributed by atoms with Gasteiger partial charge in [-0.1, -0.05) is 0 Å². The van der Waals surface area contributed by atoms with Crippen LogP contribution in [0.3, 0.4) is 0 Å². The van der Waals surface area contributed by atoms with Crippen LogP contribution in [0.15, 0.2) is 27.8 Å². The molecule has 0 spiro atoms. The number of furan rings is 1. The monoisotopic (exact) mass is 538 g/mol. The number of amides is 1. The van der Waals surface area contributed by atoms with Gasteiger partial charge in [0.1, 0.15) is 5.76 Å². The molecule has 1 aromatic heterocycles. The van der Waals surface area contributed by atoms with Crippen LogP contribution in [-0.2, 0) is 11.2 Å². The third kappa shape index (κ3) is 10.5. The summed E-state index contributed by atoms with van der Waals surface area (Å²) < 4.78 is 10.5. The molecule has 2 rings (SSSR count). The summed E-state index contributed by atoms with van der Waals surface area (Å²) in [5.41, 5.74) is 0. The zero-order chi connectivity index (χ0) is 20.0. The predicted molar refractivity (Wildman–Crippen MR) is 131 cm³/mol. The minimum atomic E-state index is -0.208. The van der Waals surface area contributed by atoms with Crippen LogP contribution >= 0.6 is 35.7 Å². The summed E-state index contributed by atoms with van der Waals surface area (Å²) in [5, 5.41) is 6.96. The number of carbonyl (C=O) groups excluding carboxylic acids is 1. The molecule has 1 amide bonds. The second-order valence-corrected chi connectivity index (χ2v) is 7.78. The van der Waals surface area contributed by atoms with Gasteiger partial charge in [0.05, 0.1) is 12.9 Å². The van der Waals surface area contributed by atoms with Gasteiger partial charge in [-0.25, -0.2) is 4.79 Å². The summed E-state index contributed by atoms with van der Waals surface area (Å²) in [7, 11) is 0. The lowest BCUT2D eigenvalue weighted by molar-refractivity contribution is 0.0963. The molecule has 2 heterocycles. The van der Waals surface area contributed by atoms with Crippen LogP contribution in [0.5, 0.6) is 0 Å². The molecule has 9 heteroatoms. The van der Waals surface area contributed by atoms with Gasteiger partial charge in [0.2, 0.25) is 0 Å². The van der Waals surface area contributed by atoms with Gasteiger partial charge < -0.3 is 24.7 Å². The number of ether oxygens (including phenoxy) is 1. The maximum Gasteiger partial charge on any atom is 0.409 e. The van der Waals surface area contributed by atoms with Gasteiger partial charge in [0.15, 0.2) is 5.96 Å². The highest BCUT2D eigenvalue weighted by Crippen LogP contribution is 2.11. The van der Waals surface area contributed by atoms with Crippen molar-refractivity contribution in [3.05, 3.63) is 24.2 Å². The van der Waals surface area contributed by atoms with E-state index in [0.717, 1.165) is 50.5 Å². The summed E-state index contributed by atoms with van der Waals surface area (Å²) >= 11 is 1.87. The normalized spacial score (nSPS) is 15.0. The Kier molecular flexibility index (Phi) is 14.0. The van der Waals surface area contributed by atoms with Gasteiger partial charge in [-0.2, -0.15) is 11.8 Å². The van der Waals surface area contributed by atoms with Crippen LogP contribution in [0.4, 0.5) is 4.79 Å². The van der Waals surface area contributed by atoms with E-state index in [1.807, 2.05) is 30.8 Å². The zero-order valence-corrected chi connectivity index (χ0v) is 20.7. The Morgan fingerprint density at radius 1 is 1.38 bits per heavy atom. The van der Waals surface area contributed by atoms with Crippen molar-refractivity contribution in [2.45, 2.75) is 45.1 Å². The molecule has 1 aliphatic heterocycles. The van der Waals surface area contributed by atoms with E-state index in [1.165, 1.54) is 12.2 Å². The van der Waals surface area contributed by atoms with Crippen LogP contribution in [0.2, 0.25) is 0 Å². The topological polar surface area (TPSA) is 79.1 Å². The molecule has 1 aromatic rings. The molecule has 1 fully saturated rings. The molecule has 166 valence electrons. The first kappa shape index (κ1) is 25.9. The number of hydrogen-bond donors (Lipinski definition) is 2. The Labute approximate surface area is 195 Å². The van der Waals surface area contributed by atoms with Gasteiger partial charge in [-0.3, -0.25) is 4.99 Å². The second-order valence-electron chi connectivity index (χ2n) is 6.79. The van der Waals surface area contributed by atoms with Crippen molar-refractivity contribution in [3.8, 4) is 0 Å². The number of likely N-dealkylation sites (tertiary alicyclic amines) is 1. The minimum Gasteiger partial charge on any atom is -0.469 e. The van der Waals surface area contributed by atoms with E-state index < -0.39 is 0 Å². The highest BCUT2D eigenvalue weighted by Gasteiger charge is 2.24. The van der Waals surface area contributed by atoms with Crippen LogP contribution in [0.1, 0.15) is 38.4 Å². The summed E-state index contributed by atoms with van der Waals surface area (Å²) in [6.07, 6.45) is 8.51. The smallest absolute Gasteiger partial charge is 0.409 e. The number of thioether (sulfide) groups is 1. The van der Waals surface area contributed by atoms with Crippen LogP contribution < -0.4 is 10.6 Å². The summed E-state index contributed by atoms with van der Waals surface area (Å²) in [6.45, 7) is 5.27. The lowest BCUT2D eigenvalue weighted by Crippen LogP contribution is -2.50. The van der Waals surface area contributed by atoms with Crippen molar-refractivity contribution in [2.24, 2.45) is 4.99 Å². The van der Waals surface area contributed by atoms with Crippen molar-refractivity contribution in [1.82, 2.24) is 15.5 Å². The van der Waals surface area contributed by atoms with Gasteiger partial charge in [-0.05, 0) is 56.7 Å². The maximum absolute atomic E-state index is 11.8. The molecule has 29 heavy (non-hydrogen) atoms. The Morgan fingerprint density at radius 2 is 2.17 bits per heavy atom. The molecule has 2 N–H and O–H groups in total. The van der Waals surface area contributed by atoms with Crippen molar-refractivity contribution < 1.29 is 13.9 Å². The SMILES string of the molecule is CCOC(=O)N1CCC(NC(=NCCCCSC)NCCc2ccco2)CC1.I. The highest BCUT2D eigenvalue weighted by molar-refractivity contribution is 14.0. The zero-order valence-electron chi connectivity index (χ0n) is 17.5. The number of rotatable bonds is 10. The quantitative estimate of drug-likeness (QED) is 0.205. The molecule has 0 aliphatic carbocycles. The number of piperidine rings is 1. The first-order valence-electron chi connectivity index (χ1n) is 10.2. The minimum absolute atomic E-state index is 0.